The first-order chi connectivity index (χ1) is 4.33. The van der Waals surface area contributed by atoms with Crippen LogP contribution in [-0.4, -0.2) is 10.3 Å². The number of nitrogens with zero attached hydrogens (tertiary/aromatic N) is 1. The maximum atomic E-state index is 4.19. The summed E-state index contributed by atoms with van der Waals surface area (Å²) < 4.78 is 0. The van der Waals surface area contributed by atoms with Crippen molar-refractivity contribution >= 4 is 27.3 Å². The van der Waals surface area contributed by atoms with Crippen LogP contribution in [0.25, 0.3) is 0 Å². The van der Waals surface area contributed by atoms with Crippen molar-refractivity contribution in [3.8, 4) is 0 Å². The zero-order chi connectivity index (χ0) is 6.69. The lowest BCUT2D eigenvalue weighted by Crippen LogP contribution is -1.80. The van der Waals surface area contributed by atoms with Gasteiger partial charge in [0.25, 0.3) is 0 Å². The van der Waals surface area contributed by atoms with E-state index in [0.29, 0.717) is 0 Å². The third kappa shape index (κ3) is 2.06. The molecule has 0 N–H and O–H groups in total. The van der Waals surface area contributed by atoms with Gasteiger partial charge in [-0.25, -0.2) is 4.98 Å². The number of rotatable bonds is 2. The monoisotopic (exact) mass is 205 g/mol. The third-order valence-corrected chi connectivity index (χ3v) is 2.35. The highest BCUT2D eigenvalue weighted by atomic mass is 79.9. The Bertz CT molecular complexity index is 185. The maximum Gasteiger partial charge on any atom is 0.0935 e. The number of halogens is 1. The van der Waals surface area contributed by atoms with Crippen LogP contribution in [0.15, 0.2) is 6.20 Å². The van der Waals surface area contributed by atoms with E-state index in [-0.39, 0.29) is 0 Å². The van der Waals surface area contributed by atoms with Gasteiger partial charge in [0.05, 0.1) is 5.01 Å². The second-order valence-corrected chi connectivity index (χ2v) is 3.92. The standard InChI is InChI=1S/C6H8BrNS/c1-5-4-8-6(9-5)2-3-7/h4H,2-3H2,1H3. The second-order valence-electron chi connectivity index (χ2n) is 1.80. The normalized spacial score (nSPS) is 10.0. The van der Waals surface area contributed by atoms with Crippen molar-refractivity contribution in [2.75, 3.05) is 5.33 Å². The fourth-order valence-electron chi connectivity index (χ4n) is 0.598. The minimum atomic E-state index is 1.01. The lowest BCUT2D eigenvalue weighted by atomic mass is 10.5. The van der Waals surface area contributed by atoms with Crippen LogP contribution in [0.5, 0.6) is 0 Å². The average Bonchev–Trinajstić information content (AvgIpc) is 2.17. The van der Waals surface area contributed by atoms with E-state index in [1.165, 1.54) is 9.88 Å². The van der Waals surface area contributed by atoms with Crippen molar-refractivity contribution in [1.82, 2.24) is 4.98 Å². The molecule has 1 rings (SSSR count). The van der Waals surface area contributed by atoms with Crippen molar-refractivity contribution in [2.24, 2.45) is 0 Å². The molecule has 0 aliphatic heterocycles. The van der Waals surface area contributed by atoms with Gasteiger partial charge in [-0.15, -0.1) is 11.3 Å². The van der Waals surface area contributed by atoms with Crippen molar-refractivity contribution in [3.63, 3.8) is 0 Å². The van der Waals surface area contributed by atoms with Crippen molar-refractivity contribution < 1.29 is 0 Å². The molecule has 0 aliphatic rings. The molecule has 1 aromatic heterocycles. The first-order valence-electron chi connectivity index (χ1n) is 2.80. The van der Waals surface area contributed by atoms with E-state index in [4.69, 9.17) is 0 Å². The summed E-state index contributed by atoms with van der Waals surface area (Å²) in [5.74, 6) is 0. The summed E-state index contributed by atoms with van der Waals surface area (Å²) in [6.07, 6.45) is 2.97. The summed E-state index contributed by atoms with van der Waals surface area (Å²) in [5, 5.41) is 2.24. The van der Waals surface area contributed by atoms with Gasteiger partial charge < -0.3 is 0 Å². The highest BCUT2D eigenvalue weighted by Crippen LogP contribution is 2.11. The molecule has 0 aliphatic carbocycles. The second kappa shape index (κ2) is 3.32. The molecular weight excluding hydrogens is 198 g/mol. The van der Waals surface area contributed by atoms with Gasteiger partial charge in [-0.05, 0) is 6.92 Å². The molecule has 0 radical (unpaired) electrons. The van der Waals surface area contributed by atoms with Gasteiger partial charge in [0, 0.05) is 22.8 Å². The molecule has 0 spiro atoms. The first-order valence-corrected chi connectivity index (χ1v) is 4.74. The summed E-state index contributed by atoms with van der Waals surface area (Å²) in [6, 6.07) is 0. The first kappa shape index (κ1) is 7.22. The predicted molar refractivity (Wildman–Crippen MR) is 44.3 cm³/mol. The van der Waals surface area contributed by atoms with Crippen LogP contribution in [0.1, 0.15) is 9.88 Å². The smallest absolute Gasteiger partial charge is 0.0935 e. The summed E-state index contributed by atoms with van der Waals surface area (Å²) in [7, 11) is 0. The molecule has 0 saturated heterocycles. The van der Waals surface area contributed by atoms with Gasteiger partial charge in [0.1, 0.15) is 0 Å². The lowest BCUT2D eigenvalue weighted by molar-refractivity contribution is 1.11. The fraction of sp³-hybridized carbons (Fsp3) is 0.500. The molecule has 0 saturated carbocycles. The minimum Gasteiger partial charge on any atom is -0.249 e. The Hall–Kier alpha value is 0.110. The lowest BCUT2D eigenvalue weighted by Gasteiger charge is -1.83. The Morgan fingerprint density at radius 3 is 3.00 bits per heavy atom. The summed E-state index contributed by atoms with van der Waals surface area (Å²) in [6.45, 7) is 2.08. The number of aryl methyl sites for hydroxylation is 2. The van der Waals surface area contributed by atoms with Gasteiger partial charge in [-0.2, -0.15) is 0 Å². The average molecular weight is 206 g/mol. The number of hydrogen-bond donors (Lipinski definition) is 0. The minimum absolute atomic E-state index is 1.01. The van der Waals surface area contributed by atoms with Crippen LogP contribution in [-0.2, 0) is 6.42 Å². The van der Waals surface area contributed by atoms with Crippen LogP contribution >= 0.6 is 27.3 Å². The molecule has 0 amide bonds. The number of hydrogen-bond acceptors (Lipinski definition) is 2. The summed E-state index contributed by atoms with van der Waals surface area (Å²) in [5.41, 5.74) is 0. The van der Waals surface area contributed by atoms with Crippen LogP contribution < -0.4 is 0 Å². The quantitative estimate of drug-likeness (QED) is 0.677. The Kier molecular flexibility index (Phi) is 2.66. The number of alkyl halides is 1. The molecule has 50 valence electrons. The van der Waals surface area contributed by atoms with Crippen LogP contribution in [0.3, 0.4) is 0 Å². The molecule has 0 aromatic carbocycles. The third-order valence-electron chi connectivity index (χ3n) is 0.978. The van der Waals surface area contributed by atoms with E-state index in [1.807, 2.05) is 6.20 Å². The van der Waals surface area contributed by atoms with E-state index in [1.54, 1.807) is 11.3 Å². The van der Waals surface area contributed by atoms with Crippen LogP contribution in [0.4, 0.5) is 0 Å². The molecule has 0 fully saturated rings. The largest absolute Gasteiger partial charge is 0.249 e. The zero-order valence-corrected chi connectivity index (χ0v) is 7.63. The highest BCUT2D eigenvalue weighted by molar-refractivity contribution is 9.09. The number of aromatic nitrogens is 1. The molecule has 0 atom stereocenters. The topological polar surface area (TPSA) is 12.9 Å². The Labute approximate surface area is 67.3 Å². The van der Waals surface area contributed by atoms with E-state index in [0.717, 1.165) is 11.8 Å². The summed E-state index contributed by atoms with van der Waals surface area (Å²) >= 11 is 5.13. The summed E-state index contributed by atoms with van der Waals surface area (Å²) in [4.78, 5) is 5.49. The highest BCUT2D eigenvalue weighted by Gasteiger charge is 1.94. The van der Waals surface area contributed by atoms with Gasteiger partial charge in [-0.1, -0.05) is 15.9 Å². The van der Waals surface area contributed by atoms with Crippen molar-refractivity contribution in [1.29, 1.82) is 0 Å². The van der Waals surface area contributed by atoms with Gasteiger partial charge >= 0.3 is 0 Å². The molecular formula is C6H8BrNS. The van der Waals surface area contributed by atoms with Gasteiger partial charge in [0.15, 0.2) is 0 Å². The van der Waals surface area contributed by atoms with Crippen LogP contribution in [0.2, 0.25) is 0 Å². The molecule has 3 heteroatoms. The Morgan fingerprint density at radius 2 is 2.56 bits per heavy atom. The van der Waals surface area contributed by atoms with Gasteiger partial charge in [0.2, 0.25) is 0 Å². The Morgan fingerprint density at radius 1 is 1.78 bits per heavy atom. The van der Waals surface area contributed by atoms with Gasteiger partial charge in [-0.3, -0.25) is 0 Å². The van der Waals surface area contributed by atoms with E-state index in [2.05, 4.69) is 27.8 Å². The number of thiazole rings is 1. The molecule has 0 bridgehead atoms. The van der Waals surface area contributed by atoms with E-state index < -0.39 is 0 Å². The molecule has 1 aromatic rings. The SMILES string of the molecule is Cc1cnc(CCBr)s1. The molecule has 1 heterocycles. The van der Waals surface area contributed by atoms with Crippen LogP contribution in [0, 0.1) is 6.92 Å². The Balaban J connectivity index is 2.61. The predicted octanol–water partition coefficient (Wildman–Crippen LogP) is 2.39. The molecule has 9 heavy (non-hydrogen) atoms. The van der Waals surface area contributed by atoms with E-state index in [9.17, 15) is 0 Å². The van der Waals surface area contributed by atoms with Crippen molar-refractivity contribution in [2.45, 2.75) is 13.3 Å². The molecule has 1 nitrogen and oxygen atoms in total. The maximum absolute atomic E-state index is 4.19. The zero-order valence-electron chi connectivity index (χ0n) is 5.22. The van der Waals surface area contributed by atoms with Crippen molar-refractivity contribution in [3.05, 3.63) is 16.1 Å². The van der Waals surface area contributed by atoms with E-state index >= 15 is 0 Å². The fourth-order valence-corrected chi connectivity index (χ4v) is 2.02. The molecule has 0 unspecified atom stereocenters.